The number of amides is 1. The van der Waals surface area contributed by atoms with E-state index < -0.39 is 5.41 Å². The second kappa shape index (κ2) is 5.48. The summed E-state index contributed by atoms with van der Waals surface area (Å²) in [6.45, 7) is 5.32. The zero-order valence-corrected chi connectivity index (χ0v) is 12.9. The average Bonchev–Trinajstić information content (AvgIpc) is 3.16. The highest BCUT2D eigenvalue weighted by atomic mass is 16.2. The maximum Gasteiger partial charge on any atom is 0.264 e. The van der Waals surface area contributed by atoms with Crippen LogP contribution in [0.15, 0.2) is 41.2 Å². The van der Waals surface area contributed by atoms with Crippen molar-refractivity contribution >= 4 is 5.91 Å². The minimum atomic E-state index is -0.540. The Balaban J connectivity index is 1.75. The van der Waals surface area contributed by atoms with Crippen LogP contribution in [0.1, 0.15) is 37.4 Å². The number of hydrogen-bond donors (Lipinski definition) is 2. The molecule has 1 aromatic heterocycles. The van der Waals surface area contributed by atoms with Crippen LogP contribution in [-0.2, 0) is 10.2 Å². The molecule has 5 nitrogen and oxygen atoms in total. The fourth-order valence-corrected chi connectivity index (χ4v) is 3.14. The molecule has 22 heavy (non-hydrogen) atoms. The van der Waals surface area contributed by atoms with E-state index in [0.717, 1.165) is 24.2 Å². The van der Waals surface area contributed by atoms with Crippen molar-refractivity contribution in [1.82, 2.24) is 15.1 Å². The summed E-state index contributed by atoms with van der Waals surface area (Å²) in [7, 11) is 0. The van der Waals surface area contributed by atoms with Gasteiger partial charge in [-0.05, 0) is 25.8 Å². The highest BCUT2D eigenvalue weighted by Gasteiger charge is 2.37. The molecule has 1 atom stereocenters. The second-order valence-corrected chi connectivity index (χ2v) is 6.44. The summed E-state index contributed by atoms with van der Waals surface area (Å²) in [5.74, 6) is 0.341. The first kappa shape index (κ1) is 14.6. The van der Waals surface area contributed by atoms with Gasteiger partial charge in [0.05, 0.1) is 5.41 Å². The minimum Gasteiger partial charge on any atom is -0.341 e. The molecule has 1 unspecified atom stereocenters. The topological polar surface area (TPSA) is 69.0 Å². The number of aromatic nitrogens is 2. The summed E-state index contributed by atoms with van der Waals surface area (Å²) < 4.78 is 0. The number of nitrogens with zero attached hydrogens (tertiary/aromatic N) is 1. The molecule has 1 fully saturated rings. The molecule has 1 aliphatic rings. The van der Waals surface area contributed by atoms with E-state index in [9.17, 15) is 9.59 Å². The Morgan fingerprint density at radius 2 is 1.95 bits per heavy atom. The van der Waals surface area contributed by atoms with E-state index >= 15 is 0 Å². The zero-order chi connectivity index (χ0) is 15.7. The molecule has 1 aliphatic heterocycles. The lowest BCUT2D eigenvalue weighted by molar-refractivity contribution is -0.135. The zero-order valence-electron chi connectivity index (χ0n) is 12.9. The van der Waals surface area contributed by atoms with E-state index in [4.69, 9.17) is 0 Å². The predicted octanol–water partition coefficient (Wildman–Crippen LogP) is 2.00. The molecule has 0 bridgehead atoms. The fourth-order valence-electron chi connectivity index (χ4n) is 3.14. The Morgan fingerprint density at radius 3 is 2.59 bits per heavy atom. The van der Waals surface area contributed by atoms with Crippen molar-refractivity contribution in [3.05, 3.63) is 58.0 Å². The normalized spacial score (nSPS) is 18.6. The summed E-state index contributed by atoms with van der Waals surface area (Å²) in [6.07, 6.45) is 0.879. The Bertz CT molecular complexity index is 715. The third kappa shape index (κ3) is 2.58. The molecule has 1 saturated heterocycles. The molecule has 0 saturated carbocycles. The summed E-state index contributed by atoms with van der Waals surface area (Å²) in [5, 5.41) is 5.46. The first-order valence-electron chi connectivity index (χ1n) is 7.61. The van der Waals surface area contributed by atoms with Gasteiger partial charge in [0.1, 0.15) is 0 Å². The minimum absolute atomic E-state index is 0.121. The molecule has 0 spiro atoms. The largest absolute Gasteiger partial charge is 0.341 e. The second-order valence-electron chi connectivity index (χ2n) is 6.44. The van der Waals surface area contributed by atoms with Gasteiger partial charge in [0.15, 0.2) is 0 Å². The maximum absolute atomic E-state index is 12.9. The lowest BCUT2D eigenvalue weighted by Gasteiger charge is -2.29. The molecule has 1 amide bonds. The molecule has 1 aromatic carbocycles. The van der Waals surface area contributed by atoms with Crippen molar-refractivity contribution in [2.75, 3.05) is 13.1 Å². The van der Waals surface area contributed by atoms with E-state index in [1.807, 2.05) is 49.1 Å². The van der Waals surface area contributed by atoms with Crippen LogP contribution in [0.25, 0.3) is 0 Å². The van der Waals surface area contributed by atoms with E-state index in [2.05, 4.69) is 10.2 Å². The third-order valence-corrected chi connectivity index (χ3v) is 4.56. The number of H-pyrrole nitrogens is 2. The fraction of sp³-hybridized carbons (Fsp3) is 0.412. The number of benzene rings is 1. The van der Waals surface area contributed by atoms with Crippen LogP contribution in [0.3, 0.4) is 0 Å². The van der Waals surface area contributed by atoms with Gasteiger partial charge < -0.3 is 10.00 Å². The maximum atomic E-state index is 12.9. The van der Waals surface area contributed by atoms with Gasteiger partial charge in [-0.3, -0.25) is 14.7 Å². The first-order chi connectivity index (χ1) is 10.5. The molecule has 5 heteroatoms. The molecule has 0 radical (unpaired) electrons. The first-order valence-corrected chi connectivity index (χ1v) is 7.61. The number of nitrogens with one attached hydrogen (secondary N) is 2. The summed E-state index contributed by atoms with van der Waals surface area (Å²) in [5.41, 5.74) is 1.25. The third-order valence-electron chi connectivity index (χ3n) is 4.56. The number of likely N-dealkylation sites (tertiary alicyclic amines) is 1. The Kier molecular flexibility index (Phi) is 3.64. The number of rotatable bonds is 3. The summed E-state index contributed by atoms with van der Waals surface area (Å²) in [4.78, 5) is 26.0. The molecule has 116 valence electrons. The van der Waals surface area contributed by atoms with Gasteiger partial charge >= 0.3 is 0 Å². The number of aromatic amines is 2. The van der Waals surface area contributed by atoms with Crippen LogP contribution in [-0.4, -0.2) is 34.1 Å². The summed E-state index contributed by atoms with van der Waals surface area (Å²) >= 11 is 0. The van der Waals surface area contributed by atoms with Gasteiger partial charge in [-0.2, -0.15) is 0 Å². The van der Waals surface area contributed by atoms with Crippen LogP contribution in [0.2, 0.25) is 0 Å². The van der Waals surface area contributed by atoms with E-state index in [-0.39, 0.29) is 17.4 Å². The van der Waals surface area contributed by atoms with Crippen molar-refractivity contribution in [2.24, 2.45) is 0 Å². The van der Waals surface area contributed by atoms with Crippen molar-refractivity contribution in [3.63, 3.8) is 0 Å². The average molecular weight is 299 g/mol. The van der Waals surface area contributed by atoms with Crippen molar-refractivity contribution in [3.8, 4) is 0 Å². The molecule has 0 aliphatic carbocycles. The van der Waals surface area contributed by atoms with Gasteiger partial charge in [0.2, 0.25) is 5.91 Å². The Labute approximate surface area is 129 Å². The van der Waals surface area contributed by atoms with Gasteiger partial charge in [-0.15, -0.1) is 0 Å². The molecule has 3 rings (SSSR count). The number of carbonyl (C=O) groups is 1. The van der Waals surface area contributed by atoms with Crippen LogP contribution in [0, 0.1) is 0 Å². The lowest BCUT2D eigenvalue weighted by atomic mass is 9.83. The molecule has 2 N–H and O–H groups in total. The highest BCUT2D eigenvalue weighted by molar-refractivity contribution is 5.87. The van der Waals surface area contributed by atoms with Gasteiger partial charge in [0, 0.05) is 30.8 Å². The van der Waals surface area contributed by atoms with Gasteiger partial charge in [-0.1, -0.05) is 30.3 Å². The molecule has 2 aromatic rings. The molecular formula is C17H21N3O2. The van der Waals surface area contributed by atoms with Crippen LogP contribution in [0.5, 0.6) is 0 Å². The smallest absolute Gasteiger partial charge is 0.264 e. The summed E-state index contributed by atoms with van der Waals surface area (Å²) in [6, 6.07) is 11.5. The van der Waals surface area contributed by atoms with Crippen LogP contribution >= 0.6 is 0 Å². The van der Waals surface area contributed by atoms with E-state index in [1.165, 1.54) is 0 Å². The lowest BCUT2D eigenvalue weighted by Crippen LogP contribution is -2.42. The van der Waals surface area contributed by atoms with Crippen molar-refractivity contribution < 1.29 is 4.79 Å². The van der Waals surface area contributed by atoms with E-state index in [1.54, 1.807) is 6.07 Å². The van der Waals surface area contributed by atoms with Crippen molar-refractivity contribution in [2.45, 2.75) is 31.6 Å². The highest BCUT2D eigenvalue weighted by Crippen LogP contribution is 2.31. The monoisotopic (exact) mass is 299 g/mol. The van der Waals surface area contributed by atoms with Crippen LogP contribution < -0.4 is 5.56 Å². The standard InChI is InChI=1S/C17H21N3O2/c1-17(2,13-6-4-3-5-7-13)16(22)20-9-8-12(11-20)14-10-15(21)19-18-14/h3-7,10,12H,8-9,11H2,1-2H3,(H2,18,19,21). The van der Waals surface area contributed by atoms with Crippen molar-refractivity contribution in [1.29, 1.82) is 0 Å². The number of carbonyl (C=O) groups excluding carboxylic acids is 1. The SMILES string of the molecule is CC(C)(C(=O)N1CCC(c2cc(=O)[nH][nH]2)C1)c1ccccc1. The molecular weight excluding hydrogens is 278 g/mol. The van der Waals surface area contributed by atoms with Gasteiger partial charge in [0.25, 0.3) is 5.56 Å². The molecule has 2 heterocycles. The number of hydrogen-bond acceptors (Lipinski definition) is 2. The van der Waals surface area contributed by atoms with Gasteiger partial charge in [-0.25, -0.2) is 0 Å². The Hall–Kier alpha value is -2.30. The Morgan fingerprint density at radius 1 is 1.23 bits per heavy atom. The quantitative estimate of drug-likeness (QED) is 0.910. The van der Waals surface area contributed by atoms with E-state index in [0.29, 0.717) is 6.54 Å². The van der Waals surface area contributed by atoms with Crippen LogP contribution in [0.4, 0.5) is 0 Å². The predicted molar refractivity (Wildman–Crippen MR) is 84.8 cm³/mol.